The molecule has 2 N–H and O–H groups in total. The Morgan fingerprint density at radius 1 is 1.11 bits per heavy atom. The first kappa shape index (κ1) is 20.4. The van der Waals surface area contributed by atoms with Gasteiger partial charge >= 0.3 is 0 Å². The first-order valence-electron chi connectivity index (χ1n) is 9.52. The van der Waals surface area contributed by atoms with Crippen molar-refractivity contribution in [3.63, 3.8) is 0 Å². The zero-order valence-electron chi connectivity index (χ0n) is 15.6. The summed E-state index contributed by atoms with van der Waals surface area (Å²) < 4.78 is 0. The molecule has 0 amide bonds. The monoisotopic (exact) mass is 497 g/mol. The quantitative estimate of drug-likeness (QED) is 0.398. The Morgan fingerprint density at radius 3 is 2.44 bits per heavy atom. The number of halogens is 1. The molecule has 0 unspecified atom stereocenters. The van der Waals surface area contributed by atoms with E-state index < -0.39 is 0 Å². The van der Waals surface area contributed by atoms with Crippen molar-refractivity contribution in [2.75, 3.05) is 37.6 Å². The highest BCUT2D eigenvalue weighted by Gasteiger charge is 2.35. The maximum absolute atomic E-state index is 6.37. The number of hydrogen-bond acceptors (Lipinski definition) is 4. The summed E-state index contributed by atoms with van der Waals surface area (Å²) in [6.45, 7) is 4.52. The molecule has 2 aromatic rings. The van der Waals surface area contributed by atoms with E-state index in [-0.39, 0.29) is 29.4 Å². The molecule has 2 aliphatic rings. The Hall–Kier alpha value is -1.35. The van der Waals surface area contributed by atoms with Crippen LogP contribution < -0.4 is 10.6 Å². The Labute approximate surface area is 182 Å². The Morgan fingerprint density at radius 2 is 1.81 bits per heavy atom. The fourth-order valence-electron chi connectivity index (χ4n) is 4.21. The van der Waals surface area contributed by atoms with Crippen molar-refractivity contribution in [1.82, 2.24) is 9.88 Å². The third kappa shape index (κ3) is 4.56. The van der Waals surface area contributed by atoms with Gasteiger partial charge in [-0.1, -0.05) is 43.2 Å². The number of nitrogens with two attached hydrogens (primary N) is 1. The highest BCUT2D eigenvalue weighted by atomic mass is 127. The highest BCUT2D eigenvalue weighted by Crippen LogP contribution is 2.41. The molecular formula is C20H28IN5S. The van der Waals surface area contributed by atoms with Gasteiger partial charge in [0.05, 0.1) is 6.54 Å². The third-order valence-electron chi connectivity index (χ3n) is 5.78. The smallest absolute Gasteiger partial charge is 0.191 e. The highest BCUT2D eigenvalue weighted by molar-refractivity contribution is 14.0. The van der Waals surface area contributed by atoms with E-state index in [0.717, 1.165) is 37.9 Å². The molecular weight excluding hydrogens is 469 g/mol. The SMILES string of the molecule is I.NC(=NCC1(c2ccccc2)CCCC1)N1CCN(c2nccs2)CC1. The first-order valence-corrected chi connectivity index (χ1v) is 10.4. The number of aromatic nitrogens is 1. The molecule has 1 aromatic carbocycles. The van der Waals surface area contributed by atoms with Crippen molar-refractivity contribution < 1.29 is 0 Å². The second-order valence-electron chi connectivity index (χ2n) is 7.32. The largest absolute Gasteiger partial charge is 0.370 e. The summed E-state index contributed by atoms with van der Waals surface area (Å²) in [6.07, 6.45) is 6.87. The maximum atomic E-state index is 6.37. The van der Waals surface area contributed by atoms with E-state index in [1.54, 1.807) is 11.3 Å². The molecule has 0 atom stereocenters. The second kappa shape index (κ2) is 9.23. The fourth-order valence-corrected chi connectivity index (χ4v) is 4.91. The minimum absolute atomic E-state index is 0. The summed E-state index contributed by atoms with van der Waals surface area (Å²) in [4.78, 5) is 13.8. The van der Waals surface area contributed by atoms with Crippen LogP contribution in [0.1, 0.15) is 31.2 Å². The van der Waals surface area contributed by atoms with E-state index in [2.05, 4.69) is 45.1 Å². The summed E-state index contributed by atoms with van der Waals surface area (Å²) in [7, 11) is 0. The molecule has 2 heterocycles. The number of piperazine rings is 1. The van der Waals surface area contributed by atoms with Crippen LogP contribution >= 0.6 is 35.3 Å². The Balaban J connectivity index is 0.00000210. The molecule has 1 aliphatic heterocycles. The molecule has 1 saturated heterocycles. The van der Waals surface area contributed by atoms with E-state index in [4.69, 9.17) is 10.7 Å². The average Bonchev–Trinajstić information content (AvgIpc) is 3.40. The third-order valence-corrected chi connectivity index (χ3v) is 6.62. The number of hydrogen-bond donors (Lipinski definition) is 1. The summed E-state index contributed by atoms with van der Waals surface area (Å²) >= 11 is 1.70. The number of nitrogens with zero attached hydrogens (tertiary/aromatic N) is 4. The number of anilines is 1. The lowest BCUT2D eigenvalue weighted by Gasteiger charge is -2.35. The zero-order chi connectivity index (χ0) is 17.8. The lowest BCUT2D eigenvalue weighted by molar-refractivity contribution is 0.376. The molecule has 1 aliphatic carbocycles. The van der Waals surface area contributed by atoms with Crippen LogP contribution in [0, 0.1) is 0 Å². The molecule has 0 radical (unpaired) electrons. The van der Waals surface area contributed by atoms with Gasteiger partial charge in [-0.2, -0.15) is 0 Å². The fraction of sp³-hybridized carbons (Fsp3) is 0.500. The molecule has 0 spiro atoms. The van der Waals surface area contributed by atoms with E-state index in [9.17, 15) is 0 Å². The number of aliphatic imine (C=N–C) groups is 1. The van der Waals surface area contributed by atoms with Gasteiger partial charge in [-0.05, 0) is 18.4 Å². The first-order chi connectivity index (χ1) is 12.8. The van der Waals surface area contributed by atoms with Crippen molar-refractivity contribution in [2.24, 2.45) is 10.7 Å². The van der Waals surface area contributed by atoms with Gasteiger partial charge in [-0.15, -0.1) is 35.3 Å². The standard InChI is InChI=1S/C20H27N5S.HI/c21-18(24-11-13-25(14-12-24)19-22-10-15-26-19)23-16-20(8-4-5-9-20)17-6-2-1-3-7-17;/h1-3,6-7,10,15H,4-5,8-9,11-14,16H2,(H2,21,23);1H. The summed E-state index contributed by atoms with van der Waals surface area (Å²) in [5, 5.41) is 3.14. The normalized spacial score (nSPS) is 19.8. The van der Waals surface area contributed by atoms with Crippen molar-refractivity contribution in [2.45, 2.75) is 31.1 Å². The summed E-state index contributed by atoms with van der Waals surface area (Å²) in [5.74, 6) is 0.700. The molecule has 5 nitrogen and oxygen atoms in total. The van der Waals surface area contributed by atoms with Crippen molar-refractivity contribution in [1.29, 1.82) is 0 Å². The van der Waals surface area contributed by atoms with Crippen LogP contribution in [0.2, 0.25) is 0 Å². The van der Waals surface area contributed by atoms with Gasteiger partial charge in [0.2, 0.25) is 0 Å². The Bertz CT molecular complexity index is 720. The molecule has 0 bridgehead atoms. The lowest BCUT2D eigenvalue weighted by Crippen LogP contribution is -2.51. The minimum Gasteiger partial charge on any atom is -0.370 e. The van der Waals surface area contributed by atoms with Crippen molar-refractivity contribution in [3.05, 3.63) is 47.5 Å². The number of guanidine groups is 1. The van der Waals surface area contributed by atoms with Gasteiger partial charge in [0, 0.05) is 43.2 Å². The van der Waals surface area contributed by atoms with Crippen LogP contribution in [0.4, 0.5) is 5.13 Å². The van der Waals surface area contributed by atoms with E-state index >= 15 is 0 Å². The van der Waals surface area contributed by atoms with E-state index in [0.29, 0.717) is 5.96 Å². The van der Waals surface area contributed by atoms with Crippen molar-refractivity contribution in [3.8, 4) is 0 Å². The predicted octanol–water partition coefficient (Wildman–Crippen LogP) is 3.71. The Kier molecular flexibility index (Phi) is 6.97. The lowest BCUT2D eigenvalue weighted by atomic mass is 9.79. The van der Waals surface area contributed by atoms with Gasteiger partial charge < -0.3 is 15.5 Å². The van der Waals surface area contributed by atoms with Crippen LogP contribution in [0.5, 0.6) is 0 Å². The average molecular weight is 497 g/mol. The molecule has 1 saturated carbocycles. The van der Waals surface area contributed by atoms with E-state index in [1.807, 2.05) is 11.6 Å². The number of rotatable bonds is 4. The zero-order valence-corrected chi connectivity index (χ0v) is 18.7. The summed E-state index contributed by atoms with van der Waals surface area (Å²) in [5.41, 5.74) is 7.97. The van der Waals surface area contributed by atoms with E-state index in [1.165, 1.54) is 31.2 Å². The maximum Gasteiger partial charge on any atom is 0.191 e. The molecule has 1 aromatic heterocycles. The van der Waals surface area contributed by atoms with Gasteiger partial charge in [0.1, 0.15) is 0 Å². The van der Waals surface area contributed by atoms with Crippen molar-refractivity contribution >= 4 is 46.4 Å². The minimum atomic E-state index is 0. The second-order valence-corrected chi connectivity index (χ2v) is 8.19. The van der Waals surface area contributed by atoms with Crippen LogP contribution in [-0.4, -0.2) is 48.6 Å². The van der Waals surface area contributed by atoms with Crippen LogP contribution in [0.25, 0.3) is 0 Å². The van der Waals surface area contributed by atoms with Crippen LogP contribution in [0.15, 0.2) is 46.9 Å². The van der Waals surface area contributed by atoms with Gasteiger partial charge in [0.25, 0.3) is 0 Å². The van der Waals surface area contributed by atoms with Crippen LogP contribution in [0.3, 0.4) is 0 Å². The van der Waals surface area contributed by atoms with Crippen LogP contribution in [-0.2, 0) is 5.41 Å². The topological polar surface area (TPSA) is 57.8 Å². The summed E-state index contributed by atoms with van der Waals surface area (Å²) in [6, 6.07) is 10.9. The van der Waals surface area contributed by atoms with Gasteiger partial charge in [-0.25, -0.2) is 4.98 Å². The predicted molar refractivity (Wildman–Crippen MR) is 124 cm³/mol. The number of benzene rings is 1. The molecule has 27 heavy (non-hydrogen) atoms. The van der Waals surface area contributed by atoms with Gasteiger partial charge in [-0.3, -0.25) is 4.99 Å². The molecule has 146 valence electrons. The molecule has 4 rings (SSSR count). The molecule has 7 heteroatoms. The molecule has 2 fully saturated rings. The number of thiazole rings is 1. The van der Waals surface area contributed by atoms with Gasteiger partial charge in [0.15, 0.2) is 11.1 Å².